The summed E-state index contributed by atoms with van der Waals surface area (Å²) in [6.07, 6.45) is 2.23. The Bertz CT molecular complexity index is 805. The number of aromatic nitrogens is 2. The Morgan fingerprint density at radius 2 is 1.66 bits per heavy atom. The second kappa shape index (κ2) is 13.3. The standard InChI is InChI=1S/C17H27N7O7S/c18-9(5-25)14(27)23-11(3-8-4-20-7-21-8)16(29)22-10(1-2-13(19)26)15(28)24-12(6-32)17(30)31/h4,7,9-12,25,32H,1-3,5-6,18H2,(H2,19,26)(H,20,21)(H,22,29)(H,23,27)(H,24,28)(H,30,31). The number of nitrogens with zero attached hydrogens (tertiary/aromatic N) is 1. The van der Waals surface area contributed by atoms with Crippen molar-refractivity contribution >= 4 is 42.2 Å². The topological polar surface area (TPSA) is 243 Å². The summed E-state index contributed by atoms with van der Waals surface area (Å²) in [6, 6.07) is -5.18. The summed E-state index contributed by atoms with van der Waals surface area (Å²) in [5, 5.41) is 25.1. The van der Waals surface area contributed by atoms with Crippen LogP contribution in [0.25, 0.3) is 0 Å². The van der Waals surface area contributed by atoms with Crippen LogP contribution >= 0.6 is 12.6 Å². The van der Waals surface area contributed by atoms with Gasteiger partial charge in [0, 0.05) is 30.5 Å². The van der Waals surface area contributed by atoms with Gasteiger partial charge >= 0.3 is 5.97 Å². The molecule has 0 aliphatic rings. The van der Waals surface area contributed by atoms with Crippen molar-refractivity contribution in [1.82, 2.24) is 25.9 Å². The number of aliphatic hydroxyl groups excluding tert-OH is 1. The van der Waals surface area contributed by atoms with Crippen LogP contribution < -0.4 is 27.4 Å². The summed E-state index contributed by atoms with van der Waals surface area (Å²) >= 11 is 3.85. The van der Waals surface area contributed by atoms with E-state index >= 15 is 0 Å². The first kappa shape index (κ1) is 26.9. The van der Waals surface area contributed by atoms with Crippen molar-refractivity contribution in [3.05, 3.63) is 18.2 Å². The number of amides is 4. The van der Waals surface area contributed by atoms with E-state index in [9.17, 15) is 24.0 Å². The number of aliphatic carboxylic acids is 1. The lowest BCUT2D eigenvalue weighted by molar-refractivity contribution is -0.141. The van der Waals surface area contributed by atoms with Crippen molar-refractivity contribution in [2.75, 3.05) is 12.4 Å². The summed E-state index contributed by atoms with van der Waals surface area (Å²) < 4.78 is 0. The van der Waals surface area contributed by atoms with Gasteiger partial charge in [-0.05, 0) is 6.42 Å². The highest BCUT2D eigenvalue weighted by atomic mass is 32.1. The van der Waals surface area contributed by atoms with E-state index < -0.39 is 60.4 Å². The van der Waals surface area contributed by atoms with Gasteiger partial charge in [-0.25, -0.2) is 9.78 Å². The third-order valence-electron chi connectivity index (χ3n) is 4.25. The molecule has 178 valence electrons. The van der Waals surface area contributed by atoms with Crippen LogP contribution in [0.1, 0.15) is 18.5 Å². The highest BCUT2D eigenvalue weighted by molar-refractivity contribution is 7.80. The molecule has 32 heavy (non-hydrogen) atoms. The number of hydrogen-bond donors (Lipinski definition) is 9. The van der Waals surface area contributed by atoms with Crippen LogP contribution in [0, 0.1) is 0 Å². The highest BCUT2D eigenvalue weighted by Gasteiger charge is 2.30. The minimum absolute atomic E-state index is 0.0612. The lowest BCUT2D eigenvalue weighted by Crippen LogP contribution is -2.58. The first-order chi connectivity index (χ1) is 15.1. The maximum absolute atomic E-state index is 12.9. The van der Waals surface area contributed by atoms with E-state index in [0.29, 0.717) is 5.69 Å². The van der Waals surface area contributed by atoms with E-state index in [0.717, 1.165) is 0 Å². The van der Waals surface area contributed by atoms with Crippen LogP contribution in [-0.4, -0.2) is 86.3 Å². The lowest BCUT2D eigenvalue weighted by Gasteiger charge is -2.24. The Hall–Kier alpha value is -3.17. The molecule has 1 rings (SSSR count). The SMILES string of the molecule is NC(=O)CCC(NC(=O)C(Cc1cnc[nH]1)NC(=O)C(N)CO)C(=O)NC(CS)C(=O)O. The molecular formula is C17H27N7O7S. The van der Waals surface area contributed by atoms with Crippen LogP contribution in [0.3, 0.4) is 0 Å². The minimum Gasteiger partial charge on any atom is -0.480 e. The fourth-order valence-electron chi connectivity index (χ4n) is 2.47. The number of nitrogens with two attached hydrogens (primary N) is 2. The molecule has 14 nitrogen and oxygen atoms in total. The highest BCUT2D eigenvalue weighted by Crippen LogP contribution is 2.04. The molecule has 15 heteroatoms. The molecule has 1 aromatic rings. The maximum Gasteiger partial charge on any atom is 0.327 e. The van der Waals surface area contributed by atoms with E-state index in [2.05, 4.69) is 38.5 Å². The second-order valence-corrected chi connectivity index (χ2v) is 7.14. The van der Waals surface area contributed by atoms with Crippen molar-refractivity contribution in [2.24, 2.45) is 11.5 Å². The number of carboxylic acids is 1. The van der Waals surface area contributed by atoms with Crippen LogP contribution in [0.5, 0.6) is 0 Å². The van der Waals surface area contributed by atoms with Crippen LogP contribution in [0.4, 0.5) is 0 Å². The van der Waals surface area contributed by atoms with Gasteiger partial charge in [-0.1, -0.05) is 0 Å². The average Bonchev–Trinajstić information content (AvgIpc) is 3.26. The normalized spacial score (nSPS) is 14.5. The molecule has 0 fully saturated rings. The van der Waals surface area contributed by atoms with Gasteiger partial charge in [0.1, 0.15) is 24.2 Å². The van der Waals surface area contributed by atoms with Crippen molar-refractivity contribution in [3.63, 3.8) is 0 Å². The Morgan fingerprint density at radius 1 is 1.06 bits per heavy atom. The van der Waals surface area contributed by atoms with E-state index in [-0.39, 0.29) is 25.0 Å². The fraction of sp³-hybridized carbons (Fsp3) is 0.529. The molecule has 1 heterocycles. The molecule has 0 aliphatic heterocycles. The zero-order valence-electron chi connectivity index (χ0n) is 17.0. The molecule has 4 atom stereocenters. The average molecular weight is 474 g/mol. The monoisotopic (exact) mass is 473 g/mol. The van der Waals surface area contributed by atoms with Crippen molar-refractivity contribution in [2.45, 2.75) is 43.4 Å². The molecule has 0 aliphatic carbocycles. The Kier molecular flexibility index (Phi) is 11.2. The largest absolute Gasteiger partial charge is 0.480 e. The molecule has 10 N–H and O–H groups in total. The molecule has 0 saturated carbocycles. The van der Waals surface area contributed by atoms with E-state index in [1.165, 1.54) is 12.5 Å². The van der Waals surface area contributed by atoms with Gasteiger partial charge in [0.05, 0.1) is 12.9 Å². The number of aromatic amines is 1. The van der Waals surface area contributed by atoms with Crippen LogP contribution in [0.2, 0.25) is 0 Å². The number of rotatable bonds is 14. The van der Waals surface area contributed by atoms with Crippen LogP contribution in [-0.2, 0) is 30.4 Å². The Balaban J connectivity index is 3.02. The smallest absolute Gasteiger partial charge is 0.327 e. The Labute approximate surface area is 188 Å². The van der Waals surface area contributed by atoms with Gasteiger partial charge in [-0.15, -0.1) is 0 Å². The number of nitrogens with one attached hydrogen (secondary N) is 4. The number of carbonyl (C=O) groups is 5. The van der Waals surface area contributed by atoms with E-state index in [1.54, 1.807) is 0 Å². The molecule has 0 radical (unpaired) electrons. The predicted molar refractivity (Wildman–Crippen MR) is 113 cm³/mol. The number of H-pyrrole nitrogens is 1. The van der Waals surface area contributed by atoms with E-state index in [4.69, 9.17) is 21.7 Å². The zero-order valence-corrected chi connectivity index (χ0v) is 17.9. The lowest BCUT2D eigenvalue weighted by atomic mass is 10.1. The number of aliphatic hydroxyl groups is 1. The first-order valence-corrected chi connectivity index (χ1v) is 10.1. The van der Waals surface area contributed by atoms with E-state index in [1.807, 2.05) is 0 Å². The van der Waals surface area contributed by atoms with Crippen molar-refractivity contribution in [3.8, 4) is 0 Å². The number of carboxylic acid groups (broad SMARTS) is 1. The second-order valence-electron chi connectivity index (χ2n) is 6.78. The Morgan fingerprint density at radius 3 is 2.16 bits per heavy atom. The van der Waals surface area contributed by atoms with Gasteiger partial charge in [0.2, 0.25) is 23.6 Å². The minimum atomic E-state index is -1.34. The fourth-order valence-corrected chi connectivity index (χ4v) is 2.72. The summed E-state index contributed by atoms with van der Waals surface area (Å²) in [5.41, 5.74) is 11.1. The van der Waals surface area contributed by atoms with Gasteiger partial charge in [0.15, 0.2) is 0 Å². The number of imidazole rings is 1. The molecule has 0 aromatic carbocycles. The number of carbonyl (C=O) groups excluding carboxylic acids is 4. The summed E-state index contributed by atoms with van der Waals surface area (Å²) in [5.74, 6) is -4.80. The maximum atomic E-state index is 12.9. The zero-order chi connectivity index (χ0) is 24.3. The van der Waals surface area contributed by atoms with Gasteiger partial charge in [-0.2, -0.15) is 12.6 Å². The van der Waals surface area contributed by atoms with Crippen LogP contribution in [0.15, 0.2) is 12.5 Å². The predicted octanol–water partition coefficient (Wildman–Crippen LogP) is -3.99. The number of primary amides is 1. The molecule has 4 unspecified atom stereocenters. The van der Waals surface area contributed by atoms with Gasteiger partial charge in [-0.3, -0.25) is 19.2 Å². The summed E-state index contributed by atoms with van der Waals surface area (Å²) in [4.78, 5) is 66.4. The summed E-state index contributed by atoms with van der Waals surface area (Å²) in [7, 11) is 0. The van der Waals surface area contributed by atoms with Gasteiger partial charge in [0.25, 0.3) is 0 Å². The quantitative estimate of drug-likeness (QED) is 0.119. The third-order valence-corrected chi connectivity index (χ3v) is 4.62. The molecule has 0 spiro atoms. The molecule has 4 amide bonds. The third kappa shape index (κ3) is 8.91. The molecular weight excluding hydrogens is 446 g/mol. The molecule has 1 aromatic heterocycles. The van der Waals surface area contributed by atoms with Crippen molar-refractivity contribution in [1.29, 1.82) is 0 Å². The van der Waals surface area contributed by atoms with Gasteiger partial charge < -0.3 is 42.6 Å². The van der Waals surface area contributed by atoms with Crippen molar-refractivity contribution < 1.29 is 34.2 Å². The number of hydrogen-bond acceptors (Lipinski definition) is 9. The molecule has 0 bridgehead atoms. The summed E-state index contributed by atoms with van der Waals surface area (Å²) in [6.45, 7) is -0.659. The first-order valence-electron chi connectivity index (χ1n) is 9.45. The molecule has 0 saturated heterocycles. The number of thiol groups is 1.